The third-order valence-corrected chi connectivity index (χ3v) is 3.95. The van der Waals surface area contributed by atoms with Gasteiger partial charge in [0, 0.05) is 21.3 Å². The lowest BCUT2D eigenvalue weighted by Gasteiger charge is -2.19. The number of hydrazine groups is 1. The fourth-order valence-corrected chi connectivity index (χ4v) is 2.84. The molecule has 5 heteroatoms. The summed E-state index contributed by atoms with van der Waals surface area (Å²) in [4.78, 5) is 4.18. The van der Waals surface area contributed by atoms with Crippen molar-refractivity contribution in [3.8, 4) is 0 Å². The molecular formula is C14H15Br2N3. The Bertz CT molecular complexity index is 572. The number of pyridine rings is 1. The van der Waals surface area contributed by atoms with E-state index in [1.54, 1.807) is 6.20 Å². The fourth-order valence-electron chi connectivity index (χ4n) is 2.05. The van der Waals surface area contributed by atoms with Crippen molar-refractivity contribution in [1.82, 2.24) is 10.4 Å². The van der Waals surface area contributed by atoms with Crippen molar-refractivity contribution < 1.29 is 0 Å². The summed E-state index contributed by atoms with van der Waals surface area (Å²) in [7, 11) is 0. The Morgan fingerprint density at radius 2 is 2.00 bits per heavy atom. The maximum atomic E-state index is 5.71. The second kappa shape index (κ2) is 6.61. The van der Waals surface area contributed by atoms with Crippen LogP contribution in [0.1, 0.15) is 22.7 Å². The number of benzene rings is 1. The smallest absolute Gasteiger partial charge is 0.0503 e. The zero-order chi connectivity index (χ0) is 13.8. The SMILES string of the molecule is Cc1ccc(Br)cc1C(Cc1cncc(Br)c1)NN. The number of rotatable bonds is 4. The molecule has 1 aromatic carbocycles. The van der Waals surface area contributed by atoms with E-state index in [-0.39, 0.29) is 6.04 Å². The Hall–Kier alpha value is -0.750. The van der Waals surface area contributed by atoms with Crippen molar-refractivity contribution in [3.05, 3.63) is 62.3 Å². The molecular weight excluding hydrogens is 370 g/mol. The third kappa shape index (κ3) is 3.86. The van der Waals surface area contributed by atoms with Crippen molar-refractivity contribution in [1.29, 1.82) is 0 Å². The summed E-state index contributed by atoms with van der Waals surface area (Å²) in [5, 5.41) is 0. The first kappa shape index (κ1) is 14.7. The van der Waals surface area contributed by atoms with Gasteiger partial charge in [-0.05, 0) is 64.2 Å². The van der Waals surface area contributed by atoms with E-state index in [9.17, 15) is 0 Å². The number of nitrogens with two attached hydrogens (primary N) is 1. The van der Waals surface area contributed by atoms with Crippen LogP contribution < -0.4 is 11.3 Å². The lowest BCUT2D eigenvalue weighted by molar-refractivity contribution is 0.548. The van der Waals surface area contributed by atoms with Gasteiger partial charge >= 0.3 is 0 Å². The minimum Gasteiger partial charge on any atom is -0.271 e. The molecule has 0 amide bonds. The van der Waals surface area contributed by atoms with Gasteiger partial charge in [-0.1, -0.05) is 22.0 Å². The molecule has 0 aliphatic heterocycles. The van der Waals surface area contributed by atoms with E-state index in [0.717, 1.165) is 20.9 Å². The summed E-state index contributed by atoms with van der Waals surface area (Å²) in [5.74, 6) is 5.71. The Kier molecular flexibility index (Phi) is 5.10. The van der Waals surface area contributed by atoms with Gasteiger partial charge in [0.15, 0.2) is 0 Å². The van der Waals surface area contributed by atoms with Gasteiger partial charge in [-0.15, -0.1) is 0 Å². The van der Waals surface area contributed by atoms with Crippen molar-refractivity contribution in [2.45, 2.75) is 19.4 Å². The lowest BCUT2D eigenvalue weighted by atomic mass is 9.96. The molecule has 1 heterocycles. The van der Waals surface area contributed by atoms with Crippen LogP contribution in [0.4, 0.5) is 0 Å². The second-order valence-corrected chi connectivity index (χ2v) is 6.27. The van der Waals surface area contributed by atoms with Gasteiger partial charge in [0.05, 0.1) is 6.04 Å². The van der Waals surface area contributed by atoms with Crippen LogP contribution in [0.5, 0.6) is 0 Å². The molecule has 1 aromatic heterocycles. The van der Waals surface area contributed by atoms with Crippen molar-refractivity contribution in [3.63, 3.8) is 0 Å². The molecule has 1 atom stereocenters. The Balaban J connectivity index is 2.27. The highest BCUT2D eigenvalue weighted by Gasteiger charge is 2.13. The number of hydrogen-bond donors (Lipinski definition) is 2. The standard InChI is InChI=1S/C14H15Br2N3/c1-9-2-3-11(15)6-13(9)14(19-17)5-10-4-12(16)8-18-7-10/h2-4,6-8,14,19H,5,17H2,1H3. The van der Waals surface area contributed by atoms with E-state index in [2.05, 4.69) is 67.4 Å². The Morgan fingerprint density at radius 3 is 2.68 bits per heavy atom. The van der Waals surface area contributed by atoms with Gasteiger partial charge in [-0.3, -0.25) is 16.3 Å². The second-order valence-electron chi connectivity index (χ2n) is 4.44. The highest BCUT2D eigenvalue weighted by atomic mass is 79.9. The highest BCUT2D eigenvalue weighted by Crippen LogP contribution is 2.25. The molecule has 19 heavy (non-hydrogen) atoms. The topological polar surface area (TPSA) is 50.9 Å². The Labute approximate surface area is 129 Å². The molecule has 1 unspecified atom stereocenters. The van der Waals surface area contributed by atoms with Crippen LogP contribution in [0.15, 0.2) is 45.6 Å². The van der Waals surface area contributed by atoms with E-state index >= 15 is 0 Å². The third-order valence-electron chi connectivity index (χ3n) is 3.02. The van der Waals surface area contributed by atoms with E-state index < -0.39 is 0 Å². The number of halogens is 2. The highest BCUT2D eigenvalue weighted by molar-refractivity contribution is 9.10. The molecule has 0 radical (unpaired) electrons. The molecule has 0 aliphatic carbocycles. The van der Waals surface area contributed by atoms with E-state index in [1.807, 2.05) is 12.3 Å². The van der Waals surface area contributed by atoms with Gasteiger partial charge in [0.1, 0.15) is 0 Å². The van der Waals surface area contributed by atoms with Gasteiger partial charge < -0.3 is 0 Å². The molecule has 2 aromatic rings. The number of hydrogen-bond acceptors (Lipinski definition) is 3. The first-order chi connectivity index (χ1) is 9.10. The zero-order valence-electron chi connectivity index (χ0n) is 10.5. The van der Waals surface area contributed by atoms with Crippen LogP contribution >= 0.6 is 31.9 Å². The van der Waals surface area contributed by atoms with Gasteiger partial charge in [-0.2, -0.15) is 0 Å². The molecule has 0 bridgehead atoms. The predicted octanol–water partition coefficient (Wildman–Crippen LogP) is 3.66. The minimum atomic E-state index is 0.0635. The fraction of sp³-hybridized carbons (Fsp3) is 0.214. The van der Waals surface area contributed by atoms with Crippen molar-refractivity contribution in [2.75, 3.05) is 0 Å². The largest absolute Gasteiger partial charge is 0.271 e. The normalized spacial score (nSPS) is 12.4. The van der Waals surface area contributed by atoms with Gasteiger partial charge in [-0.25, -0.2) is 0 Å². The summed E-state index contributed by atoms with van der Waals surface area (Å²) in [6.45, 7) is 2.09. The maximum Gasteiger partial charge on any atom is 0.0503 e. The van der Waals surface area contributed by atoms with E-state index in [4.69, 9.17) is 5.84 Å². The van der Waals surface area contributed by atoms with E-state index in [0.29, 0.717) is 0 Å². The molecule has 3 N–H and O–H groups in total. The molecule has 0 spiro atoms. The molecule has 0 saturated carbocycles. The molecule has 0 saturated heterocycles. The van der Waals surface area contributed by atoms with Crippen LogP contribution in [-0.4, -0.2) is 4.98 Å². The number of nitrogens with one attached hydrogen (secondary N) is 1. The number of aromatic nitrogens is 1. The summed E-state index contributed by atoms with van der Waals surface area (Å²) in [5.41, 5.74) is 6.43. The zero-order valence-corrected chi connectivity index (χ0v) is 13.7. The lowest BCUT2D eigenvalue weighted by Crippen LogP contribution is -2.30. The first-order valence-electron chi connectivity index (χ1n) is 5.91. The molecule has 100 valence electrons. The molecule has 3 nitrogen and oxygen atoms in total. The van der Waals surface area contributed by atoms with Crippen molar-refractivity contribution in [2.24, 2.45) is 5.84 Å². The molecule has 2 rings (SSSR count). The number of aryl methyl sites for hydroxylation is 1. The quantitative estimate of drug-likeness (QED) is 0.624. The van der Waals surface area contributed by atoms with Crippen LogP contribution in [0.3, 0.4) is 0 Å². The maximum absolute atomic E-state index is 5.71. The van der Waals surface area contributed by atoms with Crippen LogP contribution in [0.25, 0.3) is 0 Å². The summed E-state index contributed by atoms with van der Waals surface area (Å²) in [6, 6.07) is 8.35. The molecule has 0 fully saturated rings. The number of nitrogens with zero attached hydrogens (tertiary/aromatic N) is 1. The molecule has 0 aliphatic rings. The average molecular weight is 385 g/mol. The van der Waals surface area contributed by atoms with Crippen LogP contribution in [-0.2, 0) is 6.42 Å². The van der Waals surface area contributed by atoms with E-state index in [1.165, 1.54) is 11.1 Å². The van der Waals surface area contributed by atoms with Gasteiger partial charge in [0.25, 0.3) is 0 Å². The van der Waals surface area contributed by atoms with Crippen LogP contribution in [0, 0.1) is 6.92 Å². The summed E-state index contributed by atoms with van der Waals surface area (Å²) in [6.07, 6.45) is 4.43. The monoisotopic (exact) mass is 383 g/mol. The van der Waals surface area contributed by atoms with Crippen molar-refractivity contribution >= 4 is 31.9 Å². The average Bonchev–Trinajstić information content (AvgIpc) is 2.39. The van der Waals surface area contributed by atoms with Crippen LogP contribution in [0.2, 0.25) is 0 Å². The summed E-state index contributed by atoms with van der Waals surface area (Å²) < 4.78 is 2.03. The first-order valence-corrected chi connectivity index (χ1v) is 7.50. The minimum absolute atomic E-state index is 0.0635. The predicted molar refractivity (Wildman–Crippen MR) is 84.6 cm³/mol. The van der Waals surface area contributed by atoms with Gasteiger partial charge in [0.2, 0.25) is 0 Å². The Morgan fingerprint density at radius 1 is 1.21 bits per heavy atom. The summed E-state index contributed by atoms with van der Waals surface area (Å²) >= 11 is 6.94.